The van der Waals surface area contributed by atoms with Crippen LogP contribution < -0.4 is 9.64 Å². The second-order valence-electron chi connectivity index (χ2n) is 8.57. The minimum Gasteiger partial charge on any atom is -0.494 e. The van der Waals surface area contributed by atoms with Gasteiger partial charge in [0.15, 0.2) is 0 Å². The number of nitrogens with zero attached hydrogens (tertiary/aromatic N) is 3. The number of ether oxygens (including phenoxy) is 1. The van der Waals surface area contributed by atoms with Gasteiger partial charge in [-0.1, -0.05) is 37.1 Å². The van der Waals surface area contributed by atoms with Crippen LogP contribution >= 0.6 is 11.6 Å². The Kier molecular flexibility index (Phi) is 9.62. The zero-order valence-electron chi connectivity index (χ0n) is 18.9. The van der Waals surface area contributed by atoms with E-state index < -0.39 is 0 Å². The number of anilines is 1. The molecule has 2 heterocycles. The van der Waals surface area contributed by atoms with Crippen LogP contribution in [0.1, 0.15) is 39.0 Å². The third-order valence-electron chi connectivity index (χ3n) is 5.86. The number of hydrogen-bond acceptors (Lipinski definition) is 4. The first-order chi connectivity index (χ1) is 15.5. The van der Waals surface area contributed by atoms with Crippen LogP contribution in [0.4, 0.5) is 5.69 Å². The molecule has 2 fully saturated rings. The Bertz CT molecular complexity index is 803. The predicted molar refractivity (Wildman–Crippen MR) is 129 cm³/mol. The largest absolute Gasteiger partial charge is 0.494 e. The number of rotatable bonds is 7. The highest BCUT2D eigenvalue weighted by Gasteiger charge is 2.27. The summed E-state index contributed by atoms with van der Waals surface area (Å²) in [7, 11) is 0. The molecule has 32 heavy (non-hydrogen) atoms. The quantitative estimate of drug-likeness (QED) is 0.447. The summed E-state index contributed by atoms with van der Waals surface area (Å²) in [6.45, 7) is 6.89. The fraction of sp³-hybridized carbons (Fsp3) is 0.520. The molecule has 1 atom stereocenters. The van der Waals surface area contributed by atoms with Crippen molar-refractivity contribution in [3.8, 4) is 5.75 Å². The SMILES string of the molecule is CC1C=CC(Cl)=CC1.O=CN1CC(=O)N(c2ccc(OCCCN3CCCCC3)cc2)C1. The fourth-order valence-corrected chi connectivity index (χ4v) is 4.11. The first-order valence-electron chi connectivity index (χ1n) is 11.5. The van der Waals surface area contributed by atoms with Crippen LogP contribution in [0.5, 0.6) is 5.75 Å². The van der Waals surface area contributed by atoms with Crippen molar-refractivity contribution in [2.75, 3.05) is 44.4 Å². The van der Waals surface area contributed by atoms with E-state index in [9.17, 15) is 9.59 Å². The number of amides is 2. The van der Waals surface area contributed by atoms with Gasteiger partial charge in [-0.3, -0.25) is 14.5 Å². The fourth-order valence-electron chi connectivity index (χ4n) is 3.95. The molecule has 0 spiro atoms. The zero-order chi connectivity index (χ0) is 22.8. The van der Waals surface area contributed by atoms with Crippen LogP contribution in [0.3, 0.4) is 0 Å². The molecule has 3 aliphatic rings. The van der Waals surface area contributed by atoms with Gasteiger partial charge in [-0.2, -0.15) is 0 Å². The van der Waals surface area contributed by atoms with Crippen LogP contribution in [-0.4, -0.2) is 61.6 Å². The predicted octanol–water partition coefficient (Wildman–Crippen LogP) is 4.41. The Morgan fingerprint density at radius 3 is 2.50 bits per heavy atom. The summed E-state index contributed by atoms with van der Waals surface area (Å²) < 4.78 is 5.79. The summed E-state index contributed by atoms with van der Waals surface area (Å²) in [6.07, 6.45) is 13.0. The van der Waals surface area contributed by atoms with E-state index in [1.807, 2.05) is 36.4 Å². The Morgan fingerprint density at radius 1 is 1.16 bits per heavy atom. The lowest BCUT2D eigenvalue weighted by Crippen LogP contribution is -2.31. The van der Waals surface area contributed by atoms with Crippen molar-refractivity contribution in [1.82, 2.24) is 9.80 Å². The first-order valence-corrected chi connectivity index (χ1v) is 11.9. The van der Waals surface area contributed by atoms with Crippen molar-refractivity contribution in [1.29, 1.82) is 0 Å². The summed E-state index contributed by atoms with van der Waals surface area (Å²) in [5.74, 6) is 1.44. The molecule has 0 N–H and O–H groups in total. The highest BCUT2D eigenvalue weighted by atomic mass is 35.5. The average molecular weight is 460 g/mol. The van der Waals surface area contributed by atoms with Crippen molar-refractivity contribution in [2.24, 2.45) is 5.92 Å². The van der Waals surface area contributed by atoms with Crippen molar-refractivity contribution in [3.63, 3.8) is 0 Å². The lowest BCUT2D eigenvalue weighted by atomic mass is 10.0. The minimum absolute atomic E-state index is 0.0581. The number of piperidine rings is 1. The Balaban J connectivity index is 0.000000305. The van der Waals surface area contributed by atoms with Crippen molar-refractivity contribution < 1.29 is 14.3 Å². The molecular formula is C25H34ClN3O3. The third kappa shape index (κ3) is 7.68. The van der Waals surface area contributed by atoms with Gasteiger partial charge in [0.1, 0.15) is 19.0 Å². The van der Waals surface area contributed by atoms with Gasteiger partial charge >= 0.3 is 0 Å². The summed E-state index contributed by atoms with van der Waals surface area (Å²) >= 11 is 5.66. The lowest BCUT2D eigenvalue weighted by molar-refractivity contribution is -0.121. The van der Waals surface area contributed by atoms with Gasteiger partial charge in [0, 0.05) is 17.3 Å². The molecule has 1 unspecified atom stereocenters. The number of likely N-dealkylation sites (tertiary alicyclic amines) is 1. The molecule has 2 saturated heterocycles. The minimum atomic E-state index is -0.0581. The molecular weight excluding hydrogens is 426 g/mol. The zero-order valence-corrected chi connectivity index (χ0v) is 19.7. The molecule has 0 radical (unpaired) electrons. The van der Waals surface area contributed by atoms with Gasteiger partial charge in [0.25, 0.3) is 0 Å². The van der Waals surface area contributed by atoms with Crippen LogP contribution in [0.15, 0.2) is 47.5 Å². The monoisotopic (exact) mass is 459 g/mol. The van der Waals surface area contributed by atoms with Crippen molar-refractivity contribution >= 4 is 29.6 Å². The lowest BCUT2D eigenvalue weighted by Gasteiger charge is -2.26. The van der Waals surface area contributed by atoms with E-state index in [4.69, 9.17) is 16.3 Å². The van der Waals surface area contributed by atoms with Crippen LogP contribution in [0.2, 0.25) is 0 Å². The number of halogens is 1. The molecule has 0 bridgehead atoms. The maximum Gasteiger partial charge on any atom is 0.248 e. The maximum atomic E-state index is 11.9. The first kappa shape index (κ1) is 24.3. The van der Waals surface area contributed by atoms with Gasteiger partial charge in [-0.15, -0.1) is 0 Å². The molecule has 7 heteroatoms. The summed E-state index contributed by atoms with van der Waals surface area (Å²) in [5.41, 5.74) is 0.796. The molecule has 2 aliphatic heterocycles. The summed E-state index contributed by atoms with van der Waals surface area (Å²) in [4.78, 5) is 28.2. The van der Waals surface area contributed by atoms with E-state index in [0.717, 1.165) is 35.9 Å². The van der Waals surface area contributed by atoms with E-state index in [1.54, 1.807) is 4.90 Å². The van der Waals surface area contributed by atoms with E-state index in [2.05, 4.69) is 17.9 Å². The Labute approximate surface area is 196 Å². The van der Waals surface area contributed by atoms with Crippen molar-refractivity contribution in [3.05, 3.63) is 47.5 Å². The Morgan fingerprint density at radius 2 is 1.91 bits per heavy atom. The molecule has 6 nitrogen and oxygen atoms in total. The smallest absolute Gasteiger partial charge is 0.248 e. The van der Waals surface area contributed by atoms with Crippen LogP contribution in [0, 0.1) is 5.92 Å². The molecule has 1 aromatic rings. The average Bonchev–Trinajstić information content (AvgIpc) is 3.21. The third-order valence-corrected chi connectivity index (χ3v) is 6.14. The number of hydrogen-bond donors (Lipinski definition) is 0. The molecule has 1 aliphatic carbocycles. The second kappa shape index (κ2) is 12.7. The molecule has 174 valence electrons. The van der Waals surface area contributed by atoms with Crippen LogP contribution in [-0.2, 0) is 9.59 Å². The van der Waals surface area contributed by atoms with Gasteiger partial charge in [-0.05, 0) is 75.0 Å². The second-order valence-corrected chi connectivity index (χ2v) is 9.01. The van der Waals surface area contributed by atoms with E-state index in [-0.39, 0.29) is 12.5 Å². The molecule has 2 amide bonds. The molecule has 0 saturated carbocycles. The normalized spacial score (nSPS) is 21.1. The summed E-state index contributed by atoms with van der Waals surface area (Å²) in [5, 5.41) is 0.878. The van der Waals surface area contributed by atoms with Gasteiger partial charge in [-0.25, -0.2) is 0 Å². The van der Waals surface area contributed by atoms with E-state index in [0.29, 0.717) is 25.6 Å². The topological polar surface area (TPSA) is 53.1 Å². The number of benzene rings is 1. The molecule has 1 aromatic carbocycles. The standard InChI is InChI=1S/C18H25N3O3.C7H9Cl/c22-15-20-13-18(23)21(14-20)16-5-7-17(8-6-16)24-12-4-11-19-9-2-1-3-10-19;1-6-2-4-7(8)5-3-6/h5-8,15H,1-4,9-14H2;2,4-6H,3H2,1H3. The van der Waals surface area contributed by atoms with E-state index >= 15 is 0 Å². The van der Waals surface area contributed by atoms with Gasteiger partial charge < -0.3 is 14.5 Å². The van der Waals surface area contributed by atoms with Gasteiger partial charge in [0.05, 0.1) is 6.61 Å². The van der Waals surface area contributed by atoms with Gasteiger partial charge in [0.2, 0.25) is 12.3 Å². The van der Waals surface area contributed by atoms with E-state index in [1.165, 1.54) is 37.3 Å². The molecule has 0 aromatic heterocycles. The van der Waals surface area contributed by atoms with Crippen molar-refractivity contribution in [2.45, 2.75) is 39.0 Å². The van der Waals surface area contributed by atoms with Crippen LogP contribution in [0.25, 0.3) is 0 Å². The number of carbonyl (C=O) groups excluding carboxylic acids is 2. The number of carbonyl (C=O) groups is 2. The summed E-state index contributed by atoms with van der Waals surface area (Å²) in [6, 6.07) is 7.50. The maximum absolute atomic E-state index is 11.9. The molecule has 4 rings (SSSR count). The Hall–Kier alpha value is -2.31. The highest BCUT2D eigenvalue weighted by molar-refractivity contribution is 6.31. The number of allylic oxidation sites excluding steroid dienone is 4. The highest BCUT2D eigenvalue weighted by Crippen LogP contribution is 2.22.